The predicted octanol–water partition coefficient (Wildman–Crippen LogP) is 9.05. The summed E-state index contributed by atoms with van der Waals surface area (Å²) in [6.07, 6.45) is 33.4. The van der Waals surface area contributed by atoms with E-state index in [9.17, 15) is 14.4 Å². The number of carbonyl (C=O) groups is 2. The smallest absolute Gasteiger partial charge is 0.333 e. The summed E-state index contributed by atoms with van der Waals surface area (Å²) < 4.78 is 1.93. The first-order chi connectivity index (χ1) is 23.0. The minimum atomic E-state index is -0.715. The molecule has 2 heterocycles. The van der Waals surface area contributed by atoms with Gasteiger partial charge in [-0.1, -0.05) is 168 Å². The number of anilines is 1. The SMILES string of the molecule is CCCCCCCCCCCCCCCC(=O)On1cnc2c1c(=O)nc(N)n2OC(=O)CCCCCCCCCCCCCCC. The Balaban J connectivity index is 1.63. The molecule has 10 heteroatoms. The van der Waals surface area contributed by atoms with Crippen molar-refractivity contribution in [3.05, 3.63) is 16.7 Å². The van der Waals surface area contributed by atoms with Gasteiger partial charge in [0.15, 0.2) is 5.52 Å². The highest BCUT2D eigenvalue weighted by atomic mass is 16.7. The first-order valence-corrected chi connectivity index (χ1v) is 19.2. The Bertz CT molecular complexity index is 1180. The van der Waals surface area contributed by atoms with Gasteiger partial charge in [-0.2, -0.15) is 9.71 Å². The molecule has 2 aromatic rings. The number of hydrogen-bond acceptors (Lipinski definition) is 8. The lowest BCUT2D eigenvalue weighted by Crippen LogP contribution is -2.28. The van der Waals surface area contributed by atoms with Gasteiger partial charge in [0.25, 0.3) is 0 Å². The standard InChI is InChI=1S/C37H65N5O5/c1-3-5-7-9-11-13-15-17-19-21-23-25-27-29-32(43)46-41-31-39-35-34(41)36(45)40-37(38)42(35)47-33(44)30-28-26-24-22-20-18-16-14-12-10-8-6-4-2/h31H,3-30H2,1-2H3,(H2,38,40,45). The number of nitrogen functional groups attached to an aromatic ring is 1. The van der Waals surface area contributed by atoms with Crippen LogP contribution in [0.4, 0.5) is 5.95 Å². The van der Waals surface area contributed by atoms with Crippen LogP contribution in [0.3, 0.4) is 0 Å². The second-order valence-electron chi connectivity index (χ2n) is 13.2. The van der Waals surface area contributed by atoms with Gasteiger partial charge in [0.2, 0.25) is 11.6 Å². The van der Waals surface area contributed by atoms with E-state index < -0.39 is 17.5 Å². The molecule has 47 heavy (non-hydrogen) atoms. The van der Waals surface area contributed by atoms with E-state index in [1.165, 1.54) is 135 Å². The van der Waals surface area contributed by atoms with Crippen molar-refractivity contribution in [2.24, 2.45) is 0 Å². The van der Waals surface area contributed by atoms with Crippen molar-refractivity contribution in [3.8, 4) is 0 Å². The molecule has 0 aromatic carbocycles. The van der Waals surface area contributed by atoms with Crippen LogP contribution in [0.1, 0.15) is 194 Å². The lowest BCUT2D eigenvalue weighted by atomic mass is 10.0. The number of rotatable bonds is 30. The maximum absolute atomic E-state index is 12.6. The van der Waals surface area contributed by atoms with Gasteiger partial charge in [-0.3, -0.25) is 4.79 Å². The number of nitrogens with two attached hydrogens (primary N) is 1. The molecule has 0 aliphatic rings. The molecule has 0 aliphatic heterocycles. The summed E-state index contributed by atoms with van der Waals surface area (Å²) in [7, 11) is 0. The normalized spacial score (nSPS) is 11.4. The molecule has 0 unspecified atom stereocenters. The van der Waals surface area contributed by atoms with E-state index in [0.717, 1.165) is 41.6 Å². The predicted molar refractivity (Wildman–Crippen MR) is 190 cm³/mol. The van der Waals surface area contributed by atoms with Crippen LogP contribution in [-0.2, 0) is 9.59 Å². The summed E-state index contributed by atoms with van der Waals surface area (Å²) >= 11 is 0. The van der Waals surface area contributed by atoms with Crippen LogP contribution in [0.2, 0.25) is 0 Å². The molecule has 0 aliphatic carbocycles. The second-order valence-corrected chi connectivity index (χ2v) is 13.2. The number of fused-ring (bicyclic) bond motifs is 1. The van der Waals surface area contributed by atoms with Crippen LogP contribution >= 0.6 is 0 Å². The molecule has 0 bridgehead atoms. The molecule has 2 aromatic heterocycles. The summed E-state index contributed by atoms with van der Waals surface area (Å²) in [5.74, 6) is -1.24. The van der Waals surface area contributed by atoms with Gasteiger partial charge in [-0.05, 0) is 12.8 Å². The fourth-order valence-corrected chi connectivity index (χ4v) is 6.01. The van der Waals surface area contributed by atoms with Crippen molar-refractivity contribution in [2.45, 2.75) is 194 Å². The average molecular weight is 660 g/mol. The molecule has 0 atom stereocenters. The van der Waals surface area contributed by atoms with Crippen molar-refractivity contribution < 1.29 is 19.3 Å². The zero-order valence-electron chi connectivity index (χ0n) is 29.8. The minimum absolute atomic E-state index is 0.0185. The highest BCUT2D eigenvalue weighted by Gasteiger charge is 2.20. The zero-order valence-corrected chi connectivity index (χ0v) is 29.8. The topological polar surface area (TPSA) is 131 Å². The lowest BCUT2D eigenvalue weighted by molar-refractivity contribution is -0.145. The summed E-state index contributed by atoms with van der Waals surface area (Å²) in [6, 6.07) is 0. The molecule has 10 nitrogen and oxygen atoms in total. The largest absolute Gasteiger partial charge is 0.367 e. The molecule has 0 radical (unpaired) electrons. The van der Waals surface area contributed by atoms with Crippen LogP contribution in [-0.4, -0.2) is 31.4 Å². The Kier molecular flexibility index (Phi) is 22.4. The quantitative estimate of drug-likeness (QED) is 0.0822. The van der Waals surface area contributed by atoms with E-state index in [0.29, 0.717) is 6.42 Å². The molecule has 0 saturated heterocycles. The van der Waals surface area contributed by atoms with Gasteiger partial charge in [-0.25, -0.2) is 14.6 Å². The summed E-state index contributed by atoms with van der Waals surface area (Å²) in [5.41, 5.74) is 5.06. The summed E-state index contributed by atoms with van der Waals surface area (Å²) in [5, 5.41) is 0. The summed E-state index contributed by atoms with van der Waals surface area (Å²) in [4.78, 5) is 56.4. The van der Waals surface area contributed by atoms with Crippen LogP contribution in [0.25, 0.3) is 11.2 Å². The van der Waals surface area contributed by atoms with E-state index >= 15 is 0 Å². The van der Waals surface area contributed by atoms with Gasteiger partial charge >= 0.3 is 17.5 Å². The maximum atomic E-state index is 12.6. The minimum Gasteiger partial charge on any atom is -0.367 e. The van der Waals surface area contributed by atoms with Crippen molar-refractivity contribution in [3.63, 3.8) is 0 Å². The third-order valence-electron chi connectivity index (χ3n) is 8.90. The Labute approximate surface area is 283 Å². The number of unbranched alkanes of at least 4 members (excludes halogenated alkanes) is 24. The van der Waals surface area contributed by atoms with Gasteiger partial charge in [0.05, 0.1) is 0 Å². The Morgan fingerprint density at radius 1 is 0.596 bits per heavy atom. The Hall–Kier alpha value is -2.91. The second kappa shape index (κ2) is 26.1. The molecule has 2 rings (SSSR count). The van der Waals surface area contributed by atoms with Gasteiger partial charge in [-0.15, -0.1) is 4.73 Å². The van der Waals surface area contributed by atoms with E-state index in [-0.39, 0.29) is 30.0 Å². The fraction of sp³-hybridized carbons (Fsp3) is 0.811. The molecule has 0 amide bonds. The molecule has 0 saturated carbocycles. The summed E-state index contributed by atoms with van der Waals surface area (Å²) in [6.45, 7) is 4.50. The molecule has 2 N–H and O–H groups in total. The van der Waals surface area contributed by atoms with E-state index in [1.54, 1.807) is 0 Å². The fourth-order valence-electron chi connectivity index (χ4n) is 6.01. The lowest BCUT2D eigenvalue weighted by Gasteiger charge is -2.10. The highest BCUT2D eigenvalue weighted by Crippen LogP contribution is 2.15. The first kappa shape index (κ1) is 40.3. The van der Waals surface area contributed by atoms with Crippen molar-refractivity contribution in [1.29, 1.82) is 0 Å². The number of carbonyl (C=O) groups excluding carboxylic acids is 2. The highest BCUT2D eigenvalue weighted by molar-refractivity contribution is 5.76. The van der Waals surface area contributed by atoms with E-state index in [4.69, 9.17) is 15.4 Å². The molecular weight excluding hydrogens is 594 g/mol. The van der Waals surface area contributed by atoms with Crippen molar-refractivity contribution in [2.75, 3.05) is 5.73 Å². The molecular formula is C37H65N5O5. The molecule has 0 spiro atoms. The third kappa shape index (κ3) is 17.7. The van der Waals surface area contributed by atoms with Crippen LogP contribution in [0.15, 0.2) is 11.1 Å². The van der Waals surface area contributed by atoms with E-state index in [2.05, 4.69) is 23.8 Å². The van der Waals surface area contributed by atoms with Gasteiger partial charge in [0, 0.05) is 12.8 Å². The van der Waals surface area contributed by atoms with E-state index in [1.807, 2.05) is 0 Å². The van der Waals surface area contributed by atoms with Crippen LogP contribution < -0.4 is 21.0 Å². The maximum Gasteiger partial charge on any atom is 0.333 e. The number of nitrogens with zero attached hydrogens (tertiary/aromatic N) is 4. The molecule has 0 fully saturated rings. The molecule has 268 valence electrons. The first-order valence-electron chi connectivity index (χ1n) is 19.2. The van der Waals surface area contributed by atoms with Crippen molar-refractivity contribution in [1.82, 2.24) is 19.4 Å². The van der Waals surface area contributed by atoms with Crippen LogP contribution in [0.5, 0.6) is 0 Å². The zero-order chi connectivity index (χ0) is 34.0. The third-order valence-corrected chi connectivity index (χ3v) is 8.90. The monoisotopic (exact) mass is 659 g/mol. The number of imidazole rings is 1. The Morgan fingerprint density at radius 2 is 0.957 bits per heavy atom. The number of aromatic nitrogens is 4. The Morgan fingerprint density at radius 3 is 1.36 bits per heavy atom. The van der Waals surface area contributed by atoms with Gasteiger partial charge < -0.3 is 15.4 Å². The van der Waals surface area contributed by atoms with Gasteiger partial charge in [0.1, 0.15) is 6.33 Å². The van der Waals surface area contributed by atoms with Crippen LogP contribution in [0, 0.1) is 0 Å². The van der Waals surface area contributed by atoms with Crippen molar-refractivity contribution >= 4 is 29.1 Å². The average Bonchev–Trinajstić information content (AvgIpc) is 3.47. The number of hydrogen-bond donors (Lipinski definition) is 1.